The van der Waals surface area contributed by atoms with Crippen LogP contribution in [0.25, 0.3) is 0 Å². The maximum atomic E-state index is 5.77. The van der Waals surface area contributed by atoms with E-state index in [0.717, 1.165) is 24.5 Å². The fourth-order valence-electron chi connectivity index (χ4n) is 2.43. The number of aryl methyl sites for hydroxylation is 1. The van der Waals surface area contributed by atoms with Gasteiger partial charge in [-0.25, -0.2) is 0 Å². The van der Waals surface area contributed by atoms with Crippen molar-refractivity contribution >= 4 is 5.82 Å². The van der Waals surface area contributed by atoms with Gasteiger partial charge in [-0.05, 0) is 25.9 Å². The first-order chi connectivity index (χ1) is 7.20. The van der Waals surface area contributed by atoms with E-state index in [4.69, 9.17) is 5.73 Å². The van der Waals surface area contributed by atoms with E-state index in [1.54, 1.807) is 4.68 Å². The Balaban J connectivity index is 2.02. The maximum absolute atomic E-state index is 5.77. The fraction of sp³-hybridized carbons (Fsp3) is 0.727. The molecule has 0 aromatic carbocycles. The predicted molar refractivity (Wildman–Crippen MR) is 61.6 cm³/mol. The molecule has 0 saturated carbocycles. The quantitative estimate of drug-likeness (QED) is 0.807. The molecule has 1 aromatic rings. The summed E-state index contributed by atoms with van der Waals surface area (Å²) in [7, 11) is 1.89. The topological polar surface area (TPSA) is 47.1 Å². The average Bonchev–Trinajstić information content (AvgIpc) is 2.75. The van der Waals surface area contributed by atoms with E-state index in [9.17, 15) is 0 Å². The van der Waals surface area contributed by atoms with Crippen LogP contribution in [0.1, 0.15) is 25.5 Å². The molecule has 1 aliphatic rings. The molecule has 84 valence electrons. The highest BCUT2D eigenvalue weighted by atomic mass is 15.3. The Labute approximate surface area is 91.1 Å². The lowest BCUT2D eigenvalue weighted by Gasteiger charge is -2.21. The van der Waals surface area contributed by atoms with Crippen LogP contribution >= 0.6 is 0 Å². The molecule has 2 rings (SSSR count). The molecule has 1 aliphatic heterocycles. The van der Waals surface area contributed by atoms with Crippen LogP contribution in [0.3, 0.4) is 0 Å². The van der Waals surface area contributed by atoms with Crippen molar-refractivity contribution in [1.82, 2.24) is 14.7 Å². The van der Waals surface area contributed by atoms with Crippen molar-refractivity contribution in [3.8, 4) is 0 Å². The first kappa shape index (κ1) is 10.5. The van der Waals surface area contributed by atoms with Gasteiger partial charge in [-0.3, -0.25) is 4.68 Å². The molecule has 4 nitrogen and oxygen atoms in total. The molecule has 0 bridgehead atoms. The number of nitrogens with two attached hydrogens (primary N) is 1. The molecule has 0 radical (unpaired) electrons. The van der Waals surface area contributed by atoms with Gasteiger partial charge in [-0.1, -0.05) is 6.92 Å². The number of anilines is 1. The lowest BCUT2D eigenvalue weighted by molar-refractivity contribution is 0.264. The van der Waals surface area contributed by atoms with Crippen LogP contribution in [0.4, 0.5) is 5.82 Å². The predicted octanol–water partition coefficient (Wildman–Crippen LogP) is 1.03. The van der Waals surface area contributed by atoms with E-state index in [0.29, 0.717) is 6.04 Å². The number of nitrogen functional groups attached to an aromatic ring is 1. The highest BCUT2D eigenvalue weighted by Gasteiger charge is 2.23. The summed E-state index contributed by atoms with van der Waals surface area (Å²) in [6.07, 6.45) is 3.66. The summed E-state index contributed by atoms with van der Waals surface area (Å²) in [5, 5.41) is 4.41. The Hall–Kier alpha value is -1.03. The molecule has 2 heterocycles. The summed E-state index contributed by atoms with van der Waals surface area (Å²) in [5.41, 5.74) is 6.89. The Kier molecular flexibility index (Phi) is 2.95. The van der Waals surface area contributed by atoms with Gasteiger partial charge < -0.3 is 10.6 Å². The first-order valence-corrected chi connectivity index (χ1v) is 5.73. The molecule has 15 heavy (non-hydrogen) atoms. The Bertz CT molecular complexity index is 312. The minimum absolute atomic E-state index is 0.671. The maximum Gasteiger partial charge on any atom is 0.121 e. The molecule has 0 aliphatic carbocycles. The Morgan fingerprint density at radius 3 is 3.00 bits per heavy atom. The van der Waals surface area contributed by atoms with Gasteiger partial charge in [0.2, 0.25) is 0 Å². The van der Waals surface area contributed by atoms with Crippen molar-refractivity contribution in [3.63, 3.8) is 0 Å². The third kappa shape index (κ3) is 2.15. The van der Waals surface area contributed by atoms with Gasteiger partial charge in [-0.15, -0.1) is 0 Å². The lowest BCUT2D eigenvalue weighted by Crippen LogP contribution is -2.30. The summed E-state index contributed by atoms with van der Waals surface area (Å²) < 4.78 is 1.75. The minimum Gasteiger partial charge on any atom is -0.384 e. The highest BCUT2D eigenvalue weighted by Crippen LogP contribution is 2.20. The van der Waals surface area contributed by atoms with Crippen molar-refractivity contribution < 1.29 is 0 Å². The van der Waals surface area contributed by atoms with Gasteiger partial charge >= 0.3 is 0 Å². The van der Waals surface area contributed by atoms with Crippen LogP contribution in [-0.4, -0.2) is 33.8 Å². The van der Waals surface area contributed by atoms with Gasteiger partial charge in [0.25, 0.3) is 0 Å². The Morgan fingerprint density at radius 1 is 1.60 bits per heavy atom. The number of likely N-dealkylation sites (tertiary alicyclic amines) is 1. The molecule has 0 amide bonds. The van der Waals surface area contributed by atoms with Crippen LogP contribution in [0.2, 0.25) is 0 Å². The van der Waals surface area contributed by atoms with Crippen LogP contribution in [-0.2, 0) is 13.5 Å². The van der Waals surface area contributed by atoms with Crippen LogP contribution in [0.15, 0.2) is 6.07 Å². The van der Waals surface area contributed by atoms with Gasteiger partial charge in [0, 0.05) is 25.6 Å². The molecule has 1 atom stereocenters. The number of hydrogen-bond acceptors (Lipinski definition) is 3. The van der Waals surface area contributed by atoms with Crippen LogP contribution in [0, 0.1) is 0 Å². The van der Waals surface area contributed by atoms with Gasteiger partial charge in [0.1, 0.15) is 5.82 Å². The van der Waals surface area contributed by atoms with Crippen molar-refractivity contribution in [2.75, 3.05) is 18.8 Å². The largest absolute Gasteiger partial charge is 0.384 e. The summed E-state index contributed by atoms with van der Waals surface area (Å²) >= 11 is 0. The van der Waals surface area contributed by atoms with Crippen LogP contribution < -0.4 is 5.73 Å². The van der Waals surface area contributed by atoms with Crippen molar-refractivity contribution in [2.45, 2.75) is 32.2 Å². The van der Waals surface area contributed by atoms with Crippen molar-refractivity contribution in [3.05, 3.63) is 11.8 Å². The summed E-state index contributed by atoms with van der Waals surface area (Å²) in [6, 6.07) is 2.66. The first-order valence-electron chi connectivity index (χ1n) is 5.73. The van der Waals surface area contributed by atoms with Gasteiger partial charge in [0.15, 0.2) is 0 Å². The smallest absolute Gasteiger partial charge is 0.121 e. The Morgan fingerprint density at radius 2 is 2.40 bits per heavy atom. The molecular weight excluding hydrogens is 188 g/mol. The SMILES string of the molecule is CCN1CCCC1Cc1cc(N)n(C)n1. The van der Waals surface area contributed by atoms with E-state index in [2.05, 4.69) is 16.9 Å². The zero-order valence-corrected chi connectivity index (χ0v) is 9.61. The molecule has 2 N–H and O–H groups in total. The zero-order chi connectivity index (χ0) is 10.8. The number of hydrogen-bond donors (Lipinski definition) is 1. The van der Waals surface area contributed by atoms with E-state index < -0.39 is 0 Å². The lowest BCUT2D eigenvalue weighted by atomic mass is 10.1. The molecule has 4 heteroatoms. The number of aromatic nitrogens is 2. The van der Waals surface area contributed by atoms with E-state index >= 15 is 0 Å². The third-order valence-corrected chi connectivity index (χ3v) is 3.32. The molecule has 1 saturated heterocycles. The number of likely N-dealkylation sites (N-methyl/N-ethyl adjacent to an activating group) is 1. The summed E-state index contributed by atoms with van der Waals surface area (Å²) in [4.78, 5) is 2.53. The van der Waals surface area contributed by atoms with E-state index in [-0.39, 0.29) is 0 Å². The van der Waals surface area contributed by atoms with Crippen LogP contribution in [0.5, 0.6) is 0 Å². The molecule has 1 fully saturated rings. The minimum atomic E-state index is 0.671. The zero-order valence-electron chi connectivity index (χ0n) is 9.61. The standard InChI is InChI=1S/C11H20N4/c1-3-15-6-4-5-10(15)7-9-8-11(12)14(2)13-9/h8,10H,3-7,12H2,1-2H3. The van der Waals surface area contributed by atoms with Crippen molar-refractivity contribution in [1.29, 1.82) is 0 Å². The molecule has 1 unspecified atom stereocenters. The second-order valence-corrected chi connectivity index (χ2v) is 4.31. The highest BCUT2D eigenvalue weighted by molar-refractivity contribution is 5.30. The van der Waals surface area contributed by atoms with E-state index in [1.807, 2.05) is 13.1 Å². The average molecular weight is 208 g/mol. The molecule has 1 aromatic heterocycles. The summed E-state index contributed by atoms with van der Waals surface area (Å²) in [5.74, 6) is 0.756. The van der Waals surface area contributed by atoms with Gasteiger partial charge in [-0.2, -0.15) is 5.10 Å². The normalized spacial score (nSPS) is 22.4. The van der Waals surface area contributed by atoms with Gasteiger partial charge in [0.05, 0.1) is 5.69 Å². The number of nitrogens with zero attached hydrogens (tertiary/aromatic N) is 3. The monoisotopic (exact) mass is 208 g/mol. The van der Waals surface area contributed by atoms with E-state index in [1.165, 1.54) is 19.4 Å². The second kappa shape index (κ2) is 4.23. The fourth-order valence-corrected chi connectivity index (χ4v) is 2.43. The molecule has 0 spiro atoms. The van der Waals surface area contributed by atoms with Crippen molar-refractivity contribution in [2.24, 2.45) is 7.05 Å². The third-order valence-electron chi connectivity index (χ3n) is 3.32. The molecular formula is C11H20N4. The second-order valence-electron chi connectivity index (χ2n) is 4.31. The number of rotatable bonds is 3. The summed E-state index contributed by atoms with van der Waals surface area (Å²) in [6.45, 7) is 4.61.